The van der Waals surface area contributed by atoms with E-state index in [9.17, 15) is 9.59 Å². The molecule has 0 radical (unpaired) electrons. The van der Waals surface area contributed by atoms with Gasteiger partial charge in [-0.15, -0.1) is 0 Å². The summed E-state index contributed by atoms with van der Waals surface area (Å²) in [6.07, 6.45) is -1.47. The van der Waals surface area contributed by atoms with Crippen molar-refractivity contribution in [3.05, 3.63) is 24.3 Å². The van der Waals surface area contributed by atoms with Crippen LogP contribution in [0.3, 0.4) is 0 Å². The average Bonchev–Trinajstić information content (AvgIpc) is 2.42. The first kappa shape index (κ1) is 13.0. The number of hydrogen-bond acceptors (Lipinski definition) is 5. The van der Waals surface area contributed by atoms with Crippen LogP contribution in [-0.2, 0) is 9.53 Å². The highest BCUT2D eigenvalue weighted by Crippen LogP contribution is 2.27. The van der Waals surface area contributed by atoms with Gasteiger partial charge in [0.25, 0.3) is 5.91 Å². The Morgan fingerprint density at radius 3 is 3.05 bits per heavy atom. The van der Waals surface area contributed by atoms with Gasteiger partial charge in [-0.3, -0.25) is 4.79 Å². The molecule has 1 heterocycles. The molecule has 1 aromatic carbocycles. The first-order valence-corrected chi connectivity index (χ1v) is 5.86. The normalized spacial score (nSPS) is 16.5. The molecular weight excluding hydrogens is 250 g/mol. The molecule has 0 aromatic heterocycles. The minimum Gasteiger partial charge on any atom is -0.477 e. The van der Waals surface area contributed by atoms with Crippen molar-refractivity contribution in [1.29, 1.82) is 0 Å². The van der Waals surface area contributed by atoms with E-state index in [2.05, 4.69) is 15.4 Å². The summed E-state index contributed by atoms with van der Waals surface area (Å²) in [4.78, 5) is 22.1. The Kier molecular flexibility index (Phi) is 4.07. The van der Waals surface area contributed by atoms with Crippen LogP contribution in [-0.4, -0.2) is 37.8 Å². The monoisotopic (exact) mass is 265 g/mol. The number of ether oxygens (including phenoxy) is 2. The Morgan fingerprint density at radius 2 is 2.26 bits per heavy atom. The summed E-state index contributed by atoms with van der Waals surface area (Å²) < 4.78 is 10.1. The molecule has 1 aromatic rings. The average molecular weight is 265 g/mol. The summed E-state index contributed by atoms with van der Waals surface area (Å²) in [5.74, 6) is 0.373. The highest BCUT2D eigenvalue weighted by molar-refractivity contribution is 5.83. The second kappa shape index (κ2) is 5.94. The van der Waals surface area contributed by atoms with Crippen molar-refractivity contribution >= 4 is 17.7 Å². The second-order valence-electron chi connectivity index (χ2n) is 3.94. The van der Waals surface area contributed by atoms with Crippen LogP contribution in [0.15, 0.2) is 24.3 Å². The molecule has 4 N–H and O–H groups in total. The molecule has 2 rings (SSSR count). The van der Waals surface area contributed by atoms with E-state index in [1.165, 1.54) is 0 Å². The maximum Gasteiger partial charge on any atom is 0.404 e. The Morgan fingerprint density at radius 1 is 1.47 bits per heavy atom. The number of amides is 2. The molecule has 7 nitrogen and oxygen atoms in total. The predicted molar refractivity (Wildman–Crippen MR) is 67.9 cm³/mol. The fourth-order valence-electron chi connectivity index (χ4n) is 1.70. The van der Waals surface area contributed by atoms with E-state index in [1.54, 1.807) is 6.07 Å². The van der Waals surface area contributed by atoms with Crippen LogP contribution in [0.5, 0.6) is 5.75 Å². The standard InChI is InChI=1S/C12H15N3O4/c13-12(17)18-6-5-14-11(16)10-7-15-8-3-1-2-4-9(8)19-10/h1-4,10,15H,5-7H2,(H2,13,17)(H,14,16). The van der Waals surface area contributed by atoms with E-state index in [4.69, 9.17) is 10.5 Å². The molecule has 1 unspecified atom stereocenters. The van der Waals surface area contributed by atoms with Gasteiger partial charge >= 0.3 is 6.09 Å². The number of benzene rings is 1. The van der Waals surface area contributed by atoms with Crippen molar-refractivity contribution in [2.24, 2.45) is 5.73 Å². The molecule has 2 amide bonds. The summed E-state index contributed by atoms with van der Waals surface area (Å²) in [5, 5.41) is 5.71. The molecule has 0 fully saturated rings. The number of para-hydroxylation sites is 2. The van der Waals surface area contributed by atoms with Crippen molar-refractivity contribution in [2.45, 2.75) is 6.10 Å². The van der Waals surface area contributed by atoms with Crippen LogP contribution in [0, 0.1) is 0 Å². The number of hydrogen-bond donors (Lipinski definition) is 3. The van der Waals surface area contributed by atoms with Crippen LogP contribution in [0.1, 0.15) is 0 Å². The van der Waals surface area contributed by atoms with E-state index < -0.39 is 12.2 Å². The van der Waals surface area contributed by atoms with Gasteiger partial charge in [0.05, 0.1) is 18.8 Å². The third kappa shape index (κ3) is 3.51. The van der Waals surface area contributed by atoms with Gasteiger partial charge in [-0.25, -0.2) is 4.79 Å². The van der Waals surface area contributed by atoms with Gasteiger partial charge in [0.1, 0.15) is 12.4 Å². The zero-order valence-electron chi connectivity index (χ0n) is 10.2. The van der Waals surface area contributed by atoms with Gasteiger partial charge < -0.3 is 25.8 Å². The molecule has 102 valence electrons. The van der Waals surface area contributed by atoms with Crippen molar-refractivity contribution in [1.82, 2.24) is 5.32 Å². The molecule has 19 heavy (non-hydrogen) atoms. The zero-order valence-corrected chi connectivity index (χ0v) is 10.2. The summed E-state index contributed by atoms with van der Waals surface area (Å²) >= 11 is 0. The predicted octanol–water partition coefficient (Wildman–Crippen LogP) is 0.0710. The van der Waals surface area contributed by atoms with Gasteiger partial charge in [0.2, 0.25) is 0 Å². The maximum absolute atomic E-state index is 11.8. The third-order valence-electron chi connectivity index (χ3n) is 2.57. The molecule has 0 saturated heterocycles. The van der Waals surface area contributed by atoms with E-state index >= 15 is 0 Å². The highest BCUT2D eigenvalue weighted by Gasteiger charge is 2.25. The van der Waals surface area contributed by atoms with Crippen LogP contribution in [0.2, 0.25) is 0 Å². The number of carbonyl (C=O) groups is 2. The van der Waals surface area contributed by atoms with E-state index in [-0.39, 0.29) is 19.1 Å². The van der Waals surface area contributed by atoms with Gasteiger partial charge in [-0.05, 0) is 12.1 Å². The highest BCUT2D eigenvalue weighted by atomic mass is 16.5. The van der Waals surface area contributed by atoms with Gasteiger partial charge in [-0.1, -0.05) is 12.1 Å². The second-order valence-corrected chi connectivity index (χ2v) is 3.94. The van der Waals surface area contributed by atoms with Crippen molar-refractivity contribution in [3.63, 3.8) is 0 Å². The first-order chi connectivity index (χ1) is 9.16. The topological polar surface area (TPSA) is 103 Å². The number of anilines is 1. The van der Waals surface area contributed by atoms with Crippen molar-refractivity contribution < 1.29 is 19.1 Å². The van der Waals surface area contributed by atoms with Gasteiger partial charge in [0.15, 0.2) is 6.10 Å². The Hall–Kier alpha value is -2.44. The van der Waals surface area contributed by atoms with Gasteiger partial charge in [0, 0.05) is 0 Å². The van der Waals surface area contributed by atoms with E-state index in [0.29, 0.717) is 12.3 Å². The molecule has 1 aliphatic heterocycles. The fraction of sp³-hybridized carbons (Fsp3) is 0.333. The zero-order chi connectivity index (χ0) is 13.7. The lowest BCUT2D eigenvalue weighted by Gasteiger charge is -2.26. The van der Waals surface area contributed by atoms with Crippen LogP contribution in [0.4, 0.5) is 10.5 Å². The summed E-state index contributed by atoms with van der Waals surface area (Å²) in [5.41, 5.74) is 5.66. The molecule has 0 bridgehead atoms. The van der Waals surface area contributed by atoms with Gasteiger partial charge in [-0.2, -0.15) is 0 Å². The summed E-state index contributed by atoms with van der Waals surface area (Å²) in [7, 11) is 0. The van der Waals surface area contributed by atoms with E-state index in [0.717, 1.165) is 5.69 Å². The van der Waals surface area contributed by atoms with Crippen LogP contribution in [0.25, 0.3) is 0 Å². The third-order valence-corrected chi connectivity index (χ3v) is 2.57. The number of nitrogens with two attached hydrogens (primary N) is 1. The molecule has 0 saturated carbocycles. The number of nitrogens with one attached hydrogen (secondary N) is 2. The number of carbonyl (C=O) groups excluding carboxylic acids is 2. The Bertz CT molecular complexity index is 478. The molecule has 1 atom stereocenters. The molecule has 7 heteroatoms. The lowest BCUT2D eigenvalue weighted by molar-refractivity contribution is -0.127. The SMILES string of the molecule is NC(=O)OCCNC(=O)C1CNc2ccccc2O1. The van der Waals surface area contributed by atoms with E-state index in [1.807, 2.05) is 18.2 Å². The largest absolute Gasteiger partial charge is 0.477 e. The quantitative estimate of drug-likeness (QED) is 0.669. The molecule has 0 aliphatic carbocycles. The molecular formula is C12H15N3O4. The number of primary amides is 1. The maximum atomic E-state index is 11.8. The summed E-state index contributed by atoms with van der Waals surface area (Å²) in [6, 6.07) is 7.39. The summed E-state index contributed by atoms with van der Waals surface area (Å²) in [6.45, 7) is 0.626. The Labute approximate surface area is 110 Å². The minimum atomic E-state index is -0.862. The smallest absolute Gasteiger partial charge is 0.404 e. The first-order valence-electron chi connectivity index (χ1n) is 5.86. The molecule has 0 spiro atoms. The minimum absolute atomic E-state index is 0.0395. The fourth-order valence-corrected chi connectivity index (χ4v) is 1.70. The van der Waals surface area contributed by atoms with Crippen molar-refractivity contribution in [2.75, 3.05) is 25.0 Å². The Balaban J connectivity index is 1.80. The number of rotatable bonds is 4. The molecule has 1 aliphatic rings. The lowest BCUT2D eigenvalue weighted by atomic mass is 10.2. The number of fused-ring (bicyclic) bond motifs is 1. The van der Waals surface area contributed by atoms with Crippen molar-refractivity contribution in [3.8, 4) is 5.75 Å². The van der Waals surface area contributed by atoms with Crippen LogP contribution < -0.4 is 21.1 Å². The lowest BCUT2D eigenvalue weighted by Crippen LogP contribution is -2.45. The van der Waals surface area contributed by atoms with Crippen LogP contribution >= 0.6 is 0 Å².